The SMILES string of the molecule is CCC(NCC(=O)Nc1cccc(C(=O)N(C)Cc2ccccc2)c1)c1ccccc1. The summed E-state index contributed by atoms with van der Waals surface area (Å²) in [6.45, 7) is 2.81. The lowest BCUT2D eigenvalue weighted by Crippen LogP contribution is -2.31. The fourth-order valence-corrected chi connectivity index (χ4v) is 3.48. The van der Waals surface area contributed by atoms with E-state index in [2.05, 4.69) is 29.7 Å². The van der Waals surface area contributed by atoms with E-state index < -0.39 is 0 Å². The van der Waals surface area contributed by atoms with Crippen molar-refractivity contribution in [1.29, 1.82) is 0 Å². The number of nitrogens with one attached hydrogen (secondary N) is 2. The van der Waals surface area contributed by atoms with Crippen LogP contribution in [0.3, 0.4) is 0 Å². The van der Waals surface area contributed by atoms with Crippen LogP contribution < -0.4 is 10.6 Å². The van der Waals surface area contributed by atoms with E-state index in [1.807, 2.05) is 48.5 Å². The highest BCUT2D eigenvalue weighted by Gasteiger charge is 2.14. The molecule has 3 rings (SSSR count). The van der Waals surface area contributed by atoms with Crippen molar-refractivity contribution in [3.8, 4) is 0 Å². The summed E-state index contributed by atoms with van der Waals surface area (Å²) in [7, 11) is 1.78. The van der Waals surface area contributed by atoms with Crippen LogP contribution >= 0.6 is 0 Å². The minimum Gasteiger partial charge on any atom is -0.337 e. The van der Waals surface area contributed by atoms with Gasteiger partial charge in [0.1, 0.15) is 0 Å². The molecule has 2 N–H and O–H groups in total. The fourth-order valence-electron chi connectivity index (χ4n) is 3.48. The van der Waals surface area contributed by atoms with E-state index in [9.17, 15) is 9.59 Å². The molecule has 0 fully saturated rings. The molecule has 0 saturated carbocycles. The average Bonchev–Trinajstić information content (AvgIpc) is 2.80. The second-order valence-corrected chi connectivity index (χ2v) is 7.53. The fraction of sp³-hybridized carbons (Fsp3) is 0.231. The van der Waals surface area contributed by atoms with Gasteiger partial charge in [0.15, 0.2) is 0 Å². The molecule has 0 heterocycles. The minimum absolute atomic E-state index is 0.0896. The molecular weight excluding hydrogens is 386 g/mol. The number of carbonyl (C=O) groups excluding carboxylic acids is 2. The summed E-state index contributed by atoms with van der Waals surface area (Å²) in [6.07, 6.45) is 0.884. The van der Waals surface area contributed by atoms with E-state index in [-0.39, 0.29) is 24.4 Å². The van der Waals surface area contributed by atoms with E-state index >= 15 is 0 Å². The number of anilines is 1. The average molecular weight is 416 g/mol. The van der Waals surface area contributed by atoms with Gasteiger partial charge in [-0.1, -0.05) is 73.7 Å². The number of benzene rings is 3. The lowest BCUT2D eigenvalue weighted by atomic mass is 10.0. The second-order valence-electron chi connectivity index (χ2n) is 7.53. The third-order valence-electron chi connectivity index (χ3n) is 5.12. The topological polar surface area (TPSA) is 61.4 Å². The van der Waals surface area contributed by atoms with Crippen molar-refractivity contribution < 1.29 is 9.59 Å². The number of hydrogen-bond donors (Lipinski definition) is 2. The summed E-state index contributed by atoms with van der Waals surface area (Å²) < 4.78 is 0. The van der Waals surface area contributed by atoms with Gasteiger partial charge in [0.2, 0.25) is 5.91 Å². The first-order valence-corrected chi connectivity index (χ1v) is 10.5. The van der Waals surface area contributed by atoms with Crippen LogP contribution in [0.4, 0.5) is 5.69 Å². The number of rotatable bonds is 9. The molecule has 0 radical (unpaired) electrons. The number of amides is 2. The molecule has 160 valence electrons. The van der Waals surface area contributed by atoms with E-state index in [4.69, 9.17) is 0 Å². The van der Waals surface area contributed by atoms with E-state index in [0.29, 0.717) is 17.8 Å². The van der Waals surface area contributed by atoms with Gasteiger partial charge in [-0.15, -0.1) is 0 Å². The molecule has 1 atom stereocenters. The summed E-state index contributed by atoms with van der Waals surface area (Å²) in [6, 6.07) is 27.1. The van der Waals surface area contributed by atoms with Crippen LogP contribution in [0.1, 0.15) is 40.9 Å². The minimum atomic E-state index is -0.142. The molecule has 31 heavy (non-hydrogen) atoms. The molecule has 0 saturated heterocycles. The van der Waals surface area contributed by atoms with E-state index in [1.54, 1.807) is 36.2 Å². The molecule has 0 aliphatic rings. The quantitative estimate of drug-likeness (QED) is 0.535. The van der Waals surface area contributed by atoms with E-state index in [0.717, 1.165) is 17.5 Å². The van der Waals surface area contributed by atoms with Crippen LogP contribution in [0.5, 0.6) is 0 Å². The van der Waals surface area contributed by atoms with Crippen molar-refractivity contribution in [2.24, 2.45) is 0 Å². The van der Waals surface area contributed by atoms with Crippen molar-refractivity contribution in [1.82, 2.24) is 10.2 Å². The number of hydrogen-bond acceptors (Lipinski definition) is 3. The molecule has 0 bridgehead atoms. The monoisotopic (exact) mass is 415 g/mol. The summed E-state index contributed by atoms with van der Waals surface area (Å²) in [5.74, 6) is -0.232. The van der Waals surface area contributed by atoms with Crippen molar-refractivity contribution in [2.45, 2.75) is 25.9 Å². The van der Waals surface area contributed by atoms with Gasteiger partial charge < -0.3 is 15.5 Å². The lowest BCUT2D eigenvalue weighted by Gasteiger charge is -2.18. The zero-order chi connectivity index (χ0) is 22.1. The van der Waals surface area contributed by atoms with Gasteiger partial charge in [-0.25, -0.2) is 0 Å². The van der Waals surface area contributed by atoms with Gasteiger partial charge in [0.05, 0.1) is 6.54 Å². The third kappa shape index (κ3) is 6.52. The van der Waals surface area contributed by atoms with Crippen LogP contribution in [0.15, 0.2) is 84.9 Å². The van der Waals surface area contributed by atoms with Crippen molar-refractivity contribution in [2.75, 3.05) is 18.9 Å². The van der Waals surface area contributed by atoms with Gasteiger partial charge in [-0.2, -0.15) is 0 Å². The maximum absolute atomic E-state index is 12.8. The maximum Gasteiger partial charge on any atom is 0.253 e. The predicted molar refractivity (Wildman–Crippen MR) is 125 cm³/mol. The molecule has 5 nitrogen and oxygen atoms in total. The van der Waals surface area contributed by atoms with Gasteiger partial charge in [0.25, 0.3) is 5.91 Å². The molecule has 0 aromatic heterocycles. The van der Waals surface area contributed by atoms with Crippen LogP contribution in [0, 0.1) is 0 Å². The summed E-state index contributed by atoms with van der Waals surface area (Å²) in [5.41, 5.74) is 3.38. The summed E-state index contributed by atoms with van der Waals surface area (Å²) in [4.78, 5) is 26.9. The Labute approximate surface area is 184 Å². The molecule has 1 unspecified atom stereocenters. The summed E-state index contributed by atoms with van der Waals surface area (Å²) in [5, 5.41) is 6.19. The van der Waals surface area contributed by atoms with Crippen LogP contribution in [-0.2, 0) is 11.3 Å². The number of carbonyl (C=O) groups is 2. The Kier molecular flexibility index (Phi) is 7.96. The molecular formula is C26H29N3O2. The highest BCUT2D eigenvalue weighted by atomic mass is 16.2. The first kappa shape index (κ1) is 22.2. The van der Waals surface area contributed by atoms with Crippen LogP contribution in [0.25, 0.3) is 0 Å². The normalized spacial score (nSPS) is 11.5. The van der Waals surface area contributed by atoms with Gasteiger partial charge in [-0.05, 0) is 35.7 Å². The third-order valence-corrected chi connectivity index (χ3v) is 5.12. The molecule has 0 aliphatic carbocycles. The molecule has 3 aromatic carbocycles. The Morgan fingerprint density at radius 1 is 0.903 bits per heavy atom. The molecule has 3 aromatic rings. The van der Waals surface area contributed by atoms with Crippen LogP contribution in [0.2, 0.25) is 0 Å². The van der Waals surface area contributed by atoms with Crippen LogP contribution in [-0.4, -0.2) is 30.3 Å². The van der Waals surface area contributed by atoms with Gasteiger partial charge in [-0.3, -0.25) is 9.59 Å². The van der Waals surface area contributed by atoms with Crippen molar-refractivity contribution >= 4 is 17.5 Å². The molecule has 2 amide bonds. The largest absolute Gasteiger partial charge is 0.337 e. The highest BCUT2D eigenvalue weighted by Crippen LogP contribution is 2.16. The van der Waals surface area contributed by atoms with Crippen molar-refractivity contribution in [3.05, 3.63) is 102 Å². The predicted octanol–water partition coefficient (Wildman–Crippen LogP) is 4.64. The Balaban J connectivity index is 1.57. The Morgan fingerprint density at radius 3 is 2.26 bits per heavy atom. The standard InChI is InChI=1S/C26H29N3O2/c1-3-24(21-13-8-5-9-14-21)27-18-25(30)28-23-16-10-15-22(17-23)26(31)29(2)19-20-11-6-4-7-12-20/h4-17,24,27H,3,18-19H2,1-2H3,(H,28,30). The molecule has 5 heteroatoms. The Hall–Kier alpha value is -3.44. The molecule has 0 spiro atoms. The zero-order valence-electron chi connectivity index (χ0n) is 18.0. The van der Waals surface area contributed by atoms with Crippen molar-refractivity contribution in [3.63, 3.8) is 0 Å². The lowest BCUT2D eigenvalue weighted by molar-refractivity contribution is -0.115. The maximum atomic E-state index is 12.8. The Bertz CT molecular complexity index is 990. The zero-order valence-corrected chi connectivity index (χ0v) is 18.0. The summed E-state index contributed by atoms with van der Waals surface area (Å²) >= 11 is 0. The highest BCUT2D eigenvalue weighted by molar-refractivity contribution is 5.97. The van der Waals surface area contributed by atoms with Gasteiger partial charge >= 0.3 is 0 Å². The Morgan fingerprint density at radius 2 is 1.58 bits per heavy atom. The number of nitrogens with zero attached hydrogens (tertiary/aromatic N) is 1. The van der Waals surface area contributed by atoms with Gasteiger partial charge in [0, 0.05) is 30.9 Å². The molecule has 0 aliphatic heterocycles. The smallest absolute Gasteiger partial charge is 0.253 e. The second kappa shape index (κ2) is 11.1. The first-order chi connectivity index (χ1) is 15.1. The first-order valence-electron chi connectivity index (χ1n) is 10.5. The van der Waals surface area contributed by atoms with E-state index in [1.165, 1.54) is 0 Å².